The van der Waals surface area contributed by atoms with E-state index in [2.05, 4.69) is 22.8 Å². The average molecular weight is 402 g/mol. The van der Waals surface area contributed by atoms with Crippen molar-refractivity contribution in [1.29, 1.82) is 0 Å². The summed E-state index contributed by atoms with van der Waals surface area (Å²) in [5, 5.41) is 5.69. The van der Waals surface area contributed by atoms with E-state index in [1.807, 2.05) is 42.5 Å². The second kappa shape index (κ2) is 10.9. The summed E-state index contributed by atoms with van der Waals surface area (Å²) in [5.41, 5.74) is 3.72. The van der Waals surface area contributed by atoms with Crippen molar-refractivity contribution >= 4 is 17.5 Å². The summed E-state index contributed by atoms with van der Waals surface area (Å²) in [6.45, 7) is 0.828. The van der Waals surface area contributed by atoms with E-state index in [1.165, 1.54) is 5.56 Å². The Morgan fingerprint density at radius 1 is 0.767 bits per heavy atom. The van der Waals surface area contributed by atoms with E-state index in [0.717, 1.165) is 18.4 Å². The van der Waals surface area contributed by atoms with Crippen molar-refractivity contribution in [2.24, 2.45) is 0 Å². The van der Waals surface area contributed by atoms with Crippen LogP contribution >= 0.6 is 0 Å². The number of hydrogen-bond acceptors (Lipinski definition) is 3. The van der Waals surface area contributed by atoms with Gasteiger partial charge in [0.2, 0.25) is 0 Å². The Morgan fingerprint density at radius 2 is 1.43 bits per heavy atom. The van der Waals surface area contributed by atoms with Crippen LogP contribution in [0.3, 0.4) is 0 Å². The van der Waals surface area contributed by atoms with Crippen LogP contribution in [-0.4, -0.2) is 32.1 Å². The predicted molar refractivity (Wildman–Crippen MR) is 119 cm³/mol. The lowest BCUT2D eigenvalue weighted by atomic mass is 9.99. The fourth-order valence-corrected chi connectivity index (χ4v) is 3.23. The van der Waals surface area contributed by atoms with E-state index in [0.29, 0.717) is 30.0 Å². The molecular formula is C25H26N2O3. The third kappa shape index (κ3) is 5.78. The Balaban J connectivity index is 1.73. The van der Waals surface area contributed by atoms with Crippen LogP contribution in [0.1, 0.15) is 31.8 Å². The average Bonchev–Trinajstić information content (AvgIpc) is 2.79. The highest BCUT2D eigenvalue weighted by molar-refractivity contribution is 6.09. The molecule has 0 aliphatic rings. The Labute approximate surface area is 177 Å². The van der Waals surface area contributed by atoms with Crippen LogP contribution < -0.4 is 10.6 Å². The van der Waals surface area contributed by atoms with Crippen LogP contribution in [-0.2, 0) is 17.6 Å². The number of hydrogen-bond donors (Lipinski definition) is 2. The first kappa shape index (κ1) is 21.3. The zero-order valence-electron chi connectivity index (χ0n) is 17.1. The number of methoxy groups -OCH3 is 1. The normalized spacial score (nSPS) is 10.4. The third-order valence-corrected chi connectivity index (χ3v) is 4.80. The van der Waals surface area contributed by atoms with E-state index in [9.17, 15) is 9.59 Å². The van der Waals surface area contributed by atoms with Crippen molar-refractivity contribution in [2.45, 2.75) is 12.8 Å². The fourth-order valence-electron chi connectivity index (χ4n) is 3.23. The highest BCUT2D eigenvalue weighted by Gasteiger charge is 2.16. The molecule has 2 N–H and O–H groups in total. The largest absolute Gasteiger partial charge is 0.383 e. The number of carbonyl (C=O) groups is 2. The highest BCUT2D eigenvalue weighted by Crippen LogP contribution is 2.19. The van der Waals surface area contributed by atoms with E-state index in [4.69, 9.17) is 4.74 Å². The molecule has 0 saturated heterocycles. The first-order chi connectivity index (χ1) is 14.7. The Bertz CT molecular complexity index is 986. The molecule has 30 heavy (non-hydrogen) atoms. The minimum Gasteiger partial charge on any atom is -0.383 e. The summed E-state index contributed by atoms with van der Waals surface area (Å²) >= 11 is 0. The molecule has 5 heteroatoms. The molecule has 0 aliphatic heterocycles. The van der Waals surface area contributed by atoms with Crippen LogP contribution in [0.2, 0.25) is 0 Å². The van der Waals surface area contributed by atoms with Gasteiger partial charge < -0.3 is 15.4 Å². The smallest absolute Gasteiger partial charge is 0.255 e. The van der Waals surface area contributed by atoms with E-state index in [1.54, 1.807) is 31.4 Å². The van der Waals surface area contributed by atoms with Crippen molar-refractivity contribution in [3.63, 3.8) is 0 Å². The SMILES string of the molecule is COCCNC(=O)c1ccccc1NC(=O)c1ccccc1CCc1ccccc1. The molecule has 0 heterocycles. The quantitative estimate of drug-likeness (QED) is 0.530. The zero-order chi connectivity index (χ0) is 21.2. The standard InChI is InChI=1S/C25H26N2O3/c1-30-18-17-26-24(28)22-13-7-8-14-23(22)27-25(29)21-12-6-5-11-20(21)16-15-19-9-3-2-4-10-19/h2-14H,15-18H2,1H3,(H,26,28)(H,27,29). The van der Waals surface area contributed by atoms with Gasteiger partial charge in [-0.2, -0.15) is 0 Å². The lowest BCUT2D eigenvalue weighted by Crippen LogP contribution is -2.28. The molecule has 154 valence electrons. The van der Waals surface area contributed by atoms with Crippen LogP contribution in [0, 0.1) is 0 Å². The maximum absolute atomic E-state index is 13.0. The molecule has 0 bridgehead atoms. The molecule has 5 nitrogen and oxygen atoms in total. The highest BCUT2D eigenvalue weighted by atomic mass is 16.5. The van der Waals surface area contributed by atoms with E-state index < -0.39 is 0 Å². The van der Waals surface area contributed by atoms with Crippen molar-refractivity contribution in [2.75, 3.05) is 25.6 Å². The maximum Gasteiger partial charge on any atom is 0.255 e. The van der Waals surface area contributed by atoms with Gasteiger partial charge in [0.25, 0.3) is 11.8 Å². The second-order valence-electron chi connectivity index (χ2n) is 6.89. The van der Waals surface area contributed by atoms with Crippen molar-refractivity contribution < 1.29 is 14.3 Å². The van der Waals surface area contributed by atoms with Gasteiger partial charge >= 0.3 is 0 Å². The Kier molecular flexibility index (Phi) is 7.75. The van der Waals surface area contributed by atoms with Gasteiger partial charge in [0.15, 0.2) is 0 Å². The summed E-state index contributed by atoms with van der Waals surface area (Å²) in [5.74, 6) is -0.476. The van der Waals surface area contributed by atoms with Gasteiger partial charge in [-0.3, -0.25) is 9.59 Å². The number of nitrogens with one attached hydrogen (secondary N) is 2. The number of anilines is 1. The molecule has 2 amide bonds. The molecule has 0 saturated carbocycles. The monoisotopic (exact) mass is 402 g/mol. The Hall–Kier alpha value is -3.44. The lowest BCUT2D eigenvalue weighted by molar-refractivity contribution is 0.0938. The minimum absolute atomic E-state index is 0.226. The number of carbonyl (C=O) groups excluding carboxylic acids is 2. The lowest BCUT2D eigenvalue weighted by Gasteiger charge is -2.13. The van der Waals surface area contributed by atoms with Gasteiger partial charge in [-0.05, 0) is 42.2 Å². The molecule has 0 aliphatic carbocycles. The molecule has 0 fully saturated rings. The topological polar surface area (TPSA) is 67.4 Å². The third-order valence-electron chi connectivity index (χ3n) is 4.80. The predicted octanol–water partition coefficient (Wildman–Crippen LogP) is 4.10. The van der Waals surface area contributed by atoms with Crippen LogP contribution in [0.15, 0.2) is 78.9 Å². The summed E-state index contributed by atoms with van der Waals surface area (Å²) in [4.78, 5) is 25.5. The van der Waals surface area contributed by atoms with Gasteiger partial charge in [0.1, 0.15) is 0 Å². The summed E-state index contributed by atoms with van der Waals surface area (Å²) < 4.78 is 4.96. The number of benzene rings is 3. The first-order valence-electron chi connectivity index (χ1n) is 9.98. The molecule has 0 radical (unpaired) electrons. The number of aryl methyl sites for hydroxylation is 2. The van der Waals surface area contributed by atoms with Gasteiger partial charge in [0, 0.05) is 19.2 Å². The van der Waals surface area contributed by atoms with Gasteiger partial charge in [-0.1, -0.05) is 60.7 Å². The van der Waals surface area contributed by atoms with Gasteiger partial charge in [-0.15, -0.1) is 0 Å². The van der Waals surface area contributed by atoms with Crippen LogP contribution in [0.4, 0.5) is 5.69 Å². The van der Waals surface area contributed by atoms with Crippen molar-refractivity contribution in [3.05, 3.63) is 101 Å². The van der Waals surface area contributed by atoms with Gasteiger partial charge in [0.05, 0.1) is 17.9 Å². The molecule has 0 aromatic heterocycles. The van der Waals surface area contributed by atoms with E-state index in [-0.39, 0.29) is 11.8 Å². The fraction of sp³-hybridized carbons (Fsp3) is 0.200. The summed E-state index contributed by atoms with van der Waals surface area (Å²) in [7, 11) is 1.58. The summed E-state index contributed by atoms with van der Waals surface area (Å²) in [6, 6.07) is 24.8. The number of rotatable bonds is 9. The first-order valence-corrected chi connectivity index (χ1v) is 9.98. The molecule has 3 rings (SSSR count). The van der Waals surface area contributed by atoms with Crippen molar-refractivity contribution in [1.82, 2.24) is 5.32 Å². The maximum atomic E-state index is 13.0. The van der Waals surface area contributed by atoms with Crippen molar-refractivity contribution in [3.8, 4) is 0 Å². The van der Waals surface area contributed by atoms with Crippen LogP contribution in [0.25, 0.3) is 0 Å². The zero-order valence-corrected chi connectivity index (χ0v) is 17.1. The van der Waals surface area contributed by atoms with Gasteiger partial charge in [-0.25, -0.2) is 0 Å². The Morgan fingerprint density at radius 3 is 2.20 bits per heavy atom. The number of amides is 2. The summed E-state index contributed by atoms with van der Waals surface area (Å²) in [6.07, 6.45) is 1.61. The molecule has 3 aromatic carbocycles. The number of para-hydroxylation sites is 1. The second-order valence-corrected chi connectivity index (χ2v) is 6.89. The number of ether oxygens (including phenoxy) is 1. The molecule has 0 atom stereocenters. The molecule has 0 unspecified atom stereocenters. The minimum atomic E-state index is -0.250. The molecule has 3 aromatic rings. The van der Waals surface area contributed by atoms with Crippen LogP contribution in [0.5, 0.6) is 0 Å². The van der Waals surface area contributed by atoms with E-state index >= 15 is 0 Å². The molecular weight excluding hydrogens is 376 g/mol. The molecule has 0 spiro atoms.